The lowest BCUT2D eigenvalue weighted by atomic mass is 9.88. The van der Waals surface area contributed by atoms with Crippen LogP contribution < -0.4 is 10.6 Å². The number of aromatic nitrogens is 1. The van der Waals surface area contributed by atoms with E-state index in [0.29, 0.717) is 12.1 Å². The van der Waals surface area contributed by atoms with Gasteiger partial charge in [-0.15, -0.1) is 11.3 Å². The molecule has 0 radical (unpaired) electrons. The third kappa shape index (κ3) is 1.68. The van der Waals surface area contributed by atoms with E-state index in [0.717, 1.165) is 30.8 Å². The maximum Gasteiger partial charge on any atom is 0.230 e. The minimum absolute atomic E-state index is 0.155. The number of thiazole rings is 1. The molecular formula is C13H17N3OS. The van der Waals surface area contributed by atoms with Crippen LogP contribution in [0.2, 0.25) is 0 Å². The van der Waals surface area contributed by atoms with E-state index in [2.05, 4.69) is 15.6 Å². The molecule has 1 amide bonds. The SMILES string of the molecule is O=C(Nc1nc2c(s1)CCC2)C1CC2CCC1N2. The third-order valence-electron chi connectivity index (χ3n) is 4.46. The van der Waals surface area contributed by atoms with E-state index in [9.17, 15) is 4.79 Å². The molecule has 18 heavy (non-hydrogen) atoms. The van der Waals surface area contributed by atoms with Crippen molar-refractivity contribution in [2.45, 2.75) is 50.6 Å². The topological polar surface area (TPSA) is 54.0 Å². The summed E-state index contributed by atoms with van der Waals surface area (Å²) in [5, 5.41) is 7.34. The normalized spacial score (nSPS) is 32.8. The van der Waals surface area contributed by atoms with Crippen LogP contribution in [0.15, 0.2) is 0 Å². The number of anilines is 1. The fourth-order valence-electron chi connectivity index (χ4n) is 3.56. The highest BCUT2D eigenvalue weighted by Gasteiger charge is 2.42. The van der Waals surface area contributed by atoms with Crippen LogP contribution in [0.4, 0.5) is 5.13 Å². The van der Waals surface area contributed by atoms with Gasteiger partial charge in [-0.1, -0.05) is 0 Å². The van der Waals surface area contributed by atoms with Crippen LogP contribution in [-0.2, 0) is 17.6 Å². The lowest BCUT2D eigenvalue weighted by Crippen LogP contribution is -2.32. The second-order valence-corrected chi connectivity index (χ2v) is 6.70. The number of carbonyl (C=O) groups is 1. The molecule has 2 saturated heterocycles. The second kappa shape index (κ2) is 4.03. The standard InChI is InChI=1S/C13H17N3OS/c17-12(8-6-7-4-5-9(8)14-7)16-13-15-10-2-1-3-11(10)18-13/h7-9,14H,1-6H2,(H,15,16,17). The Morgan fingerprint density at radius 2 is 2.33 bits per heavy atom. The zero-order valence-corrected chi connectivity index (χ0v) is 11.1. The van der Waals surface area contributed by atoms with E-state index >= 15 is 0 Å². The van der Waals surface area contributed by atoms with Crippen LogP contribution in [0, 0.1) is 5.92 Å². The molecule has 0 saturated carbocycles. The Kier molecular flexibility index (Phi) is 2.45. The van der Waals surface area contributed by atoms with Crippen molar-refractivity contribution in [2.75, 3.05) is 5.32 Å². The fraction of sp³-hybridized carbons (Fsp3) is 0.692. The number of nitrogens with zero attached hydrogens (tertiary/aromatic N) is 1. The van der Waals surface area contributed by atoms with Gasteiger partial charge < -0.3 is 10.6 Å². The number of carbonyl (C=O) groups excluding carboxylic acids is 1. The molecule has 3 heterocycles. The van der Waals surface area contributed by atoms with Gasteiger partial charge in [0.05, 0.1) is 11.6 Å². The molecule has 1 aromatic heterocycles. The average Bonchev–Trinajstić information content (AvgIpc) is 3.07. The monoisotopic (exact) mass is 263 g/mol. The van der Waals surface area contributed by atoms with Crippen molar-refractivity contribution in [2.24, 2.45) is 5.92 Å². The number of fused-ring (bicyclic) bond motifs is 3. The van der Waals surface area contributed by atoms with Crippen molar-refractivity contribution in [1.29, 1.82) is 0 Å². The van der Waals surface area contributed by atoms with Crippen LogP contribution in [0.25, 0.3) is 0 Å². The first-order valence-electron chi connectivity index (χ1n) is 6.85. The van der Waals surface area contributed by atoms with Crippen molar-refractivity contribution in [3.8, 4) is 0 Å². The van der Waals surface area contributed by atoms with Gasteiger partial charge in [-0.25, -0.2) is 4.98 Å². The molecule has 5 heteroatoms. The van der Waals surface area contributed by atoms with Crippen molar-refractivity contribution in [1.82, 2.24) is 10.3 Å². The Labute approximate surface area is 110 Å². The quantitative estimate of drug-likeness (QED) is 0.854. The molecule has 4 nitrogen and oxygen atoms in total. The molecule has 3 atom stereocenters. The molecule has 0 aromatic carbocycles. The van der Waals surface area contributed by atoms with Gasteiger partial charge in [-0.3, -0.25) is 4.79 Å². The van der Waals surface area contributed by atoms with Gasteiger partial charge in [-0.05, 0) is 38.5 Å². The zero-order valence-electron chi connectivity index (χ0n) is 10.2. The van der Waals surface area contributed by atoms with E-state index in [-0.39, 0.29) is 11.8 Å². The average molecular weight is 263 g/mol. The minimum Gasteiger partial charge on any atom is -0.310 e. The number of nitrogens with one attached hydrogen (secondary N) is 2. The predicted octanol–water partition coefficient (Wildman–Crippen LogP) is 1.71. The van der Waals surface area contributed by atoms with Crippen LogP contribution in [0.5, 0.6) is 0 Å². The highest BCUT2D eigenvalue weighted by atomic mass is 32.1. The Morgan fingerprint density at radius 1 is 1.39 bits per heavy atom. The lowest BCUT2D eigenvalue weighted by Gasteiger charge is -2.18. The zero-order chi connectivity index (χ0) is 12.1. The Morgan fingerprint density at radius 3 is 3.06 bits per heavy atom. The number of amides is 1. The number of hydrogen-bond donors (Lipinski definition) is 2. The van der Waals surface area contributed by atoms with Gasteiger partial charge in [0, 0.05) is 17.0 Å². The van der Waals surface area contributed by atoms with Gasteiger partial charge in [0.15, 0.2) is 5.13 Å². The number of hydrogen-bond acceptors (Lipinski definition) is 4. The highest BCUT2D eigenvalue weighted by Crippen LogP contribution is 2.35. The first-order chi connectivity index (χ1) is 8.79. The Hall–Kier alpha value is -0.940. The van der Waals surface area contributed by atoms with Gasteiger partial charge >= 0.3 is 0 Å². The first-order valence-corrected chi connectivity index (χ1v) is 7.67. The summed E-state index contributed by atoms with van der Waals surface area (Å²) < 4.78 is 0. The summed E-state index contributed by atoms with van der Waals surface area (Å²) in [6.45, 7) is 0. The number of aryl methyl sites for hydroxylation is 2. The van der Waals surface area contributed by atoms with Crippen LogP contribution in [0.3, 0.4) is 0 Å². The molecule has 4 rings (SSSR count). The molecule has 1 aliphatic carbocycles. The second-order valence-electron chi connectivity index (χ2n) is 5.62. The summed E-state index contributed by atoms with van der Waals surface area (Å²) in [6, 6.07) is 0.980. The van der Waals surface area contributed by atoms with Crippen LogP contribution in [-0.4, -0.2) is 23.0 Å². The van der Waals surface area contributed by atoms with E-state index < -0.39 is 0 Å². The third-order valence-corrected chi connectivity index (χ3v) is 5.54. The molecule has 2 aliphatic heterocycles. The maximum absolute atomic E-state index is 12.2. The predicted molar refractivity (Wildman–Crippen MR) is 70.8 cm³/mol. The Bertz CT molecular complexity index is 477. The van der Waals surface area contributed by atoms with Crippen molar-refractivity contribution < 1.29 is 4.79 Å². The molecule has 3 aliphatic rings. The smallest absolute Gasteiger partial charge is 0.230 e. The minimum atomic E-state index is 0.155. The van der Waals surface area contributed by atoms with Crippen LogP contribution >= 0.6 is 11.3 Å². The summed E-state index contributed by atoms with van der Waals surface area (Å²) in [6.07, 6.45) is 6.83. The maximum atomic E-state index is 12.2. The summed E-state index contributed by atoms with van der Waals surface area (Å²) >= 11 is 1.67. The molecule has 96 valence electrons. The largest absolute Gasteiger partial charge is 0.310 e. The van der Waals surface area contributed by atoms with Gasteiger partial charge in [-0.2, -0.15) is 0 Å². The summed E-state index contributed by atoms with van der Waals surface area (Å²) in [4.78, 5) is 18.1. The van der Waals surface area contributed by atoms with Gasteiger partial charge in [0.1, 0.15) is 0 Å². The van der Waals surface area contributed by atoms with Gasteiger partial charge in [0.25, 0.3) is 0 Å². The summed E-state index contributed by atoms with van der Waals surface area (Å²) in [7, 11) is 0. The van der Waals surface area contributed by atoms with Crippen molar-refractivity contribution in [3.05, 3.63) is 10.6 Å². The molecule has 3 unspecified atom stereocenters. The molecule has 0 spiro atoms. The van der Waals surface area contributed by atoms with Crippen molar-refractivity contribution in [3.63, 3.8) is 0 Å². The molecule has 2 fully saturated rings. The Balaban J connectivity index is 1.46. The lowest BCUT2D eigenvalue weighted by molar-refractivity contribution is -0.120. The fourth-order valence-corrected chi connectivity index (χ4v) is 4.61. The van der Waals surface area contributed by atoms with E-state index in [4.69, 9.17) is 0 Å². The summed E-state index contributed by atoms with van der Waals surface area (Å²) in [5.74, 6) is 0.324. The molecule has 1 aromatic rings. The first kappa shape index (κ1) is 10.9. The number of rotatable bonds is 2. The molecule has 2 N–H and O–H groups in total. The van der Waals surface area contributed by atoms with E-state index in [1.165, 1.54) is 23.4 Å². The molecular weight excluding hydrogens is 246 g/mol. The van der Waals surface area contributed by atoms with E-state index in [1.807, 2.05) is 0 Å². The van der Waals surface area contributed by atoms with E-state index in [1.54, 1.807) is 11.3 Å². The molecule has 2 bridgehead atoms. The van der Waals surface area contributed by atoms with Gasteiger partial charge in [0.2, 0.25) is 5.91 Å². The highest BCUT2D eigenvalue weighted by molar-refractivity contribution is 7.15. The van der Waals surface area contributed by atoms with Crippen molar-refractivity contribution >= 4 is 22.4 Å². The summed E-state index contributed by atoms with van der Waals surface area (Å²) in [5.41, 5.74) is 1.21. The van der Waals surface area contributed by atoms with Crippen LogP contribution in [0.1, 0.15) is 36.3 Å².